The number of rotatable bonds is 7. The fraction of sp³-hybridized carbons (Fsp3) is 0.250. The van der Waals surface area contributed by atoms with E-state index in [9.17, 15) is 9.59 Å². The van der Waals surface area contributed by atoms with Crippen LogP contribution in [0.4, 0.5) is 0 Å². The minimum absolute atomic E-state index is 0.0124. The second-order valence-electron chi connectivity index (χ2n) is 6.22. The molecule has 2 aromatic carbocycles. The second kappa shape index (κ2) is 10.1. The van der Waals surface area contributed by atoms with E-state index in [1.54, 1.807) is 6.92 Å². The quantitative estimate of drug-likeness (QED) is 0.412. The van der Waals surface area contributed by atoms with E-state index < -0.39 is 23.3 Å². The molecule has 0 saturated heterocycles. The Morgan fingerprint density at radius 2 is 1.50 bits per heavy atom. The maximum absolute atomic E-state index is 12.9. The number of esters is 2. The number of carbonyl (C=O) groups is 2. The van der Waals surface area contributed by atoms with Gasteiger partial charge in [0.25, 0.3) is 0 Å². The number of benzene rings is 2. The average molecular weight is 376 g/mol. The van der Waals surface area contributed by atoms with Gasteiger partial charge in [0.2, 0.25) is 0 Å². The molecule has 28 heavy (non-hydrogen) atoms. The first kappa shape index (κ1) is 21.0. The summed E-state index contributed by atoms with van der Waals surface area (Å²) < 4.78 is 10.1. The van der Waals surface area contributed by atoms with Gasteiger partial charge < -0.3 is 9.47 Å². The van der Waals surface area contributed by atoms with Crippen molar-refractivity contribution in [1.82, 2.24) is 0 Å². The van der Waals surface area contributed by atoms with Gasteiger partial charge in [-0.15, -0.1) is 11.8 Å². The second-order valence-corrected chi connectivity index (χ2v) is 6.22. The molecule has 0 heterocycles. The van der Waals surface area contributed by atoms with Gasteiger partial charge in [-0.2, -0.15) is 0 Å². The van der Waals surface area contributed by atoms with Gasteiger partial charge in [0.1, 0.15) is 0 Å². The molecule has 1 atom stereocenters. The van der Waals surface area contributed by atoms with Crippen LogP contribution >= 0.6 is 0 Å². The Balaban J connectivity index is 2.69. The molecule has 0 aliphatic carbocycles. The van der Waals surface area contributed by atoms with Gasteiger partial charge >= 0.3 is 11.9 Å². The summed E-state index contributed by atoms with van der Waals surface area (Å²) in [6.07, 6.45) is 3.72. The van der Waals surface area contributed by atoms with Gasteiger partial charge in [-0.1, -0.05) is 72.8 Å². The van der Waals surface area contributed by atoms with Crippen LogP contribution in [0.3, 0.4) is 0 Å². The number of allylic oxidation sites excluding steroid dienone is 1. The topological polar surface area (TPSA) is 52.6 Å². The first-order chi connectivity index (χ1) is 13.6. The predicted octanol–water partition coefficient (Wildman–Crippen LogP) is 4.23. The lowest BCUT2D eigenvalue weighted by molar-refractivity contribution is -0.169. The lowest BCUT2D eigenvalue weighted by Crippen LogP contribution is -2.45. The van der Waals surface area contributed by atoms with Crippen LogP contribution in [0.2, 0.25) is 0 Å². The molecule has 0 N–H and O–H groups in total. The van der Waals surface area contributed by atoms with Crippen molar-refractivity contribution in [2.24, 2.45) is 5.41 Å². The molecule has 2 rings (SSSR count). The van der Waals surface area contributed by atoms with Crippen LogP contribution in [0.1, 0.15) is 30.4 Å². The zero-order valence-corrected chi connectivity index (χ0v) is 16.3. The molecule has 0 amide bonds. The van der Waals surface area contributed by atoms with E-state index in [0.717, 1.165) is 11.1 Å². The van der Waals surface area contributed by atoms with Crippen molar-refractivity contribution in [1.29, 1.82) is 0 Å². The third kappa shape index (κ3) is 4.50. The Labute approximate surface area is 166 Å². The van der Waals surface area contributed by atoms with E-state index in [4.69, 9.17) is 9.47 Å². The summed E-state index contributed by atoms with van der Waals surface area (Å²) in [4.78, 5) is 25.9. The highest BCUT2D eigenvalue weighted by molar-refractivity contribution is 6.02. The number of ether oxygens (including phenoxy) is 2. The summed E-state index contributed by atoms with van der Waals surface area (Å²) in [5.74, 6) is 3.69. The van der Waals surface area contributed by atoms with E-state index in [2.05, 4.69) is 11.8 Å². The smallest absolute Gasteiger partial charge is 0.325 e. The SMILES string of the molecule is CC#CCC(C(=O)OC)(C(=O)OC)[C@H](/C=C/c1ccccc1)c1ccccc1. The minimum Gasteiger partial charge on any atom is -0.468 e. The van der Waals surface area contributed by atoms with Crippen molar-refractivity contribution in [3.63, 3.8) is 0 Å². The molecule has 0 radical (unpaired) electrons. The summed E-state index contributed by atoms with van der Waals surface area (Å²) in [5.41, 5.74) is 0.135. The first-order valence-corrected chi connectivity index (χ1v) is 8.94. The zero-order valence-electron chi connectivity index (χ0n) is 16.3. The normalized spacial score (nSPS) is 12.0. The van der Waals surface area contributed by atoms with E-state index in [1.165, 1.54) is 14.2 Å². The molecule has 0 unspecified atom stereocenters. The standard InChI is InChI=1S/C24H24O4/c1-4-5-18-24(22(25)27-2,23(26)28-3)21(20-14-10-7-11-15-20)17-16-19-12-8-6-9-13-19/h6-17,21H,18H2,1-3H3/b17-16+/t21-/m1/s1. The van der Waals surface area contributed by atoms with Gasteiger partial charge in [-0.05, 0) is 18.1 Å². The molecule has 4 nitrogen and oxygen atoms in total. The van der Waals surface area contributed by atoms with Crippen molar-refractivity contribution in [3.8, 4) is 11.8 Å². The van der Waals surface area contributed by atoms with Crippen molar-refractivity contribution < 1.29 is 19.1 Å². The highest BCUT2D eigenvalue weighted by atomic mass is 16.5. The molecule has 144 valence electrons. The number of hydrogen-bond acceptors (Lipinski definition) is 4. The number of carbonyl (C=O) groups excluding carboxylic acids is 2. The molecule has 0 bridgehead atoms. The molecule has 2 aromatic rings. The third-order valence-electron chi connectivity index (χ3n) is 4.61. The van der Waals surface area contributed by atoms with Crippen molar-refractivity contribution in [2.45, 2.75) is 19.3 Å². The lowest BCUT2D eigenvalue weighted by Gasteiger charge is -2.33. The maximum atomic E-state index is 12.9. The Kier molecular flexibility index (Phi) is 7.59. The molecule has 0 spiro atoms. The summed E-state index contributed by atoms with van der Waals surface area (Å²) in [5, 5.41) is 0. The van der Waals surface area contributed by atoms with Crippen LogP contribution in [0, 0.1) is 17.3 Å². The van der Waals surface area contributed by atoms with Crippen LogP contribution < -0.4 is 0 Å². The molecule has 0 fully saturated rings. The van der Waals surface area contributed by atoms with Crippen LogP contribution in [0.15, 0.2) is 66.7 Å². The summed E-state index contributed by atoms with van der Waals surface area (Å²) in [6, 6.07) is 19.0. The average Bonchev–Trinajstić information content (AvgIpc) is 2.76. The van der Waals surface area contributed by atoms with E-state index in [-0.39, 0.29) is 6.42 Å². The van der Waals surface area contributed by atoms with Crippen molar-refractivity contribution in [3.05, 3.63) is 77.9 Å². The summed E-state index contributed by atoms with van der Waals surface area (Å²) in [7, 11) is 2.53. The van der Waals surface area contributed by atoms with Crippen molar-refractivity contribution in [2.75, 3.05) is 14.2 Å². The minimum atomic E-state index is -1.61. The molecular formula is C24H24O4. The Morgan fingerprint density at radius 1 is 0.964 bits per heavy atom. The first-order valence-electron chi connectivity index (χ1n) is 8.94. The van der Waals surface area contributed by atoms with Crippen LogP contribution in [-0.4, -0.2) is 26.2 Å². The predicted molar refractivity (Wildman–Crippen MR) is 109 cm³/mol. The van der Waals surface area contributed by atoms with Crippen molar-refractivity contribution >= 4 is 18.0 Å². The van der Waals surface area contributed by atoms with Crippen LogP contribution in [-0.2, 0) is 19.1 Å². The monoisotopic (exact) mass is 376 g/mol. The Bertz CT molecular complexity index is 857. The molecule has 0 aliphatic rings. The fourth-order valence-corrected chi connectivity index (χ4v) is 3.18. The third-order valence-corrected chi connectivity index (χ3v) is 4.61. The molecule has 4 heteroatoms. The van der Waals surface area contributed by atoms with Crippen LogP contribution in [0.25, 0.3) is 6.08 Å². The number of methoxy groups -OCH3 is 2. The molecule has 0 saturated carbocycles. The summed E-state index contributed by atoms with van der Waals surface area (Å²) in [6.45, 7) is 1.66. The van der Waals surface area contributed by atoms with E-state index >= 15 is 0 Å². The molecule has 0 aromatic heterocycles. The largest absolute Gasteiger partial charge is 0.468 e. The number of hydrogen-bond donors (Lipinski definition) is 0. The van der Waals surface area contributed by atoms with Gasteiger partial charge in [0.05, 0.1) is 14.2 Å². The van der Waals surface area contributed by atoms with Crippen LogP contribution in [0.5, 0.6) is 0 Å². The fourth-order valence-electron chi connectivity index (χ4n) is 3.18. The maximum Gasteiger partial charge on any atom is 0.325 e. The highest BCUT2D eigenvalue weighted by Gasteiger charge is 2.53. The van der Waals surface area contributed by atoms with Gasteiger partial charge in [-0.25, -0.2) is 0 Å². The molecular weight excluding hydrogens is 352 g/mol. The summed E-state index contributed by atoms with van der Waals surface area (Å²) >= 11 is 0. The lowest BCUT2D eigenvalue weighted by atomic mass is 9.69. The van der Waals surface area contributed by atoms with Gasteiger partial charge in [-0.3, -0.25) is 9.59 Å². The Morgan fingerprint density at radius 3 is 2.00 bits per heavy atom. The van der Waals surface area contributed by atoms with Gasteiger partial charge in [0.15, 0.2) is 5.41 Å². The van der Waals surface area contributed by atoms with Gasteiger partial charge in [0, 0.05) is 12.3 Å². The van der Waals surface area contributed by atoms with E-state index in [0.29, 0.717) is 0 Å². The zero-order chi connectivity index (χ0) is 20.4. The Hall–Kier alpha value is -3.32. The van der Waals surface area contributed by atoms with E-state index in [1.807, 2.05) is 72.8 Å². The molecule has 0 aliphatic heterocycles. The highest BCUT2D eigenvalue weighted by Crippen LogP contribution is 2.43.